The van der Waals surface area contributed by atoms with E-state index in [9.17, 15) is 4.79 Å². The molecule has 4 rings (SSSR count). The Balaban J connectivity index is 1.26. The van der Waals surface area contributed by atoms with Crippen LogP contribution in [0.15, 0.2) is 47.1 Å². The van der Waals surface area contributed by atoms with Gasteiger partial charge in [0.25, 0.3) is 0 Å². The van der Waals surface area contributed by atoms with Gasteiger partial charge in [0.15, 0.2) is 0 Å². The van der Waals surface area contributed by atoms with Gasteiger partial charge < -0.3 is 29.3 Å². The summed E-state index contributed by atoms with van der Waals surface area (Å²) in [7, 11) is 2.18. The van der Waals surface area contributed by atoms with Gasteiger partial charge in [0.1, 0.15) is 5.76 Å². The normalized spacial score (nSPS) is 18.4. The van der Waals surface area contributed by atoms with Gasteiger partial charge in [0.2, 0.25) is 0 Å². The lowest BCUT2D eigenvalue weighted by atomic mass is 10.2. The summed E-state index contributed by atoms with van der Waals surface area (Å²) in [4.78, 5) is 21.4. The number of benzene rings is 1. The van der Waals surface area contributed by atoms with Gasteiger partial charge in [-0.25, -0.2) is 4.79 Å². The number of carbonyl (C=O) groups excluding carboxylic acids is 1. The van der Waals surface area contributed by atoms with Crippen LogP contribution >= 0.6 is 0 Å². The molecule has 0 bridgehead atoms. The van der Waals surface area contributed by atoms with Crippen LogP contribution in [-0.4, -0.2) is 75.2 Å². The van der Waals surface area contributed by atoms with Gasteiger partial charge in [-0.1, -0.05) is 0 Å². The molecule has 2 aromatic rings. The molecule has 1 aromatic carbocycles. The lowest BCUT2D eigenvalue weighted by Crippen LogP contribution is -2.51. The minimum absolute atomic E-state index is 0.0264. The number of rotatable bonds is 4. The van der Waals surface area contributed by atoms with Gasteiger partial charge in [0.05, 0.1) is 12.8 Å². The Kier molecular flexibility index (Phi) is 5.71. The molecule has 3 heterocycles. The molecular weight excluding hydrogens is 354 g/mol. The van der Waals surface area contributed by atoms with Gasteiger partial charge in [0, 0.05) is 63.7 Å². The maximum atomic E-state index is 12.3. The summed E-state index contributed by atoms with van der Waals surface area (Å²) in [6, 6.07) is 12.5. The third-order valence-corrected chi connectivity index (χ3v) is 5.64. The summed E-state index contributed by atoms with van der Waals surface area (Å²) in [6.45, 7) is 7.99. The molecule has 0 radical (unpaired) electrons. The van der Waals surface area contributed by atoms with Crippen LogP contribution in [0.3, 0.4) is 0 Å². The van der Waals surface area contributed by atoms with E-state index in [4.69, 9.17) is 4.42 Å². The number of amides is 2. The van der Waals surface area contributed by atoms with Crippen LogP contribution in [0.1, 0.15) is 5.76 Å². The summed E-state index contributed by atoms with van der Waals surface area (Å²) in [6.07, 6.45) is 1.62. The Morgan fingerprint density at radius 1 is 0.893 bits per heavy atom. The van der Waals surface area contributed by atoms with Gasteiger partial charge in [-0.2, -0.15) is 0 Å². The first kappa shape index (κ1) is 18.7. The van der Waals surface area contributed by atoms with Gasteiger partial charge in [-0.05, 0) is 43.4 Å². The lowest BCUT2D eigenvalue weighted by molar-refractivity contribution is 0.193. The van der Waals surface area contributed by atoms with Crippen LogP contribution in [0.5, 0.6) is 0 Å². The van der Waals surface area contributed by atoms with Crippen molar-refractivity contribution in [1.82, 2.24) is 15.1 Å². The van der Waals surface area contributed by atoms with Crippen LogP contribution in [0, 0.1) is 0 Å². The number of likely N-dealkylation sites (N-methyl/N-ethyl adjacent to an activating group) is 1. The highest BCUT2D eigenvalue weighted by atomic mass is 16.3. The molecule has 1 aromatic heterocycles. The van der Waals surface area contributed by atoms with E-state index in [1.165, 1.54) is 11.4 Å². The van der Waals surface area contributed by atoms with Crippen LogP contribution in [-0.2, 0) is 6.54 Å². The van der Waals surface area contributed by atoms with Crippen molar-refractivity contribution in [3.05, 3.63) is 48.4 Å². The fraction of sp³-hybridized carbons (Fsp3) is 0.476. The van der Waals surface area contributed by atoms with Crippen LogP contribution in [0.4, 0.5) is 16.2 Å². The fourth-order valence-corrected chi connectivity index (χ4v) is 3.79. The number of nitrogens with zero attached hydrogens (tertiary/aromatic N) is 4. The second-order valence-corrected chi connectivity index (χ2v) is 7.52. The Bertz CT molecular complexity index is 746. The first-order valence-corrected chi connectivity index (χ1v) is 10.0. The molecule has 2 aliphatic heterocycles. The monoisotopic (exact) mass is 383 g/mol. The molecule has 7 nitrogen and oxygen atoms in total. The van der Waals surface area contributed by atoms with E-state index >= 15 is 0 Å². The summed E-state index contributed by atoms with van der Waals surface area (Å²) < 4.78 is 5.26. The second-order valence-electron chi connectivity index (χ2n) is 7.52. The second kappa shape index (κ2) is 8.56. The largest absolute Gasteiger partial charge is 0.467 e. The van der Waals surface area contributed by atoms with E-state index in [2.05, 4.69) is 51.3 Å². The van der Waals surface area contributed by atoms with E-state index < -0.39 is 0 Å². The average Bonchev–Trinajstić information content (AvgIpc) is 3.27. The molecule has 2 fully saturated rings. The first-order valence-electron chi connectivity index (χ1n) is 10.0. The summed E-state index contributed by atoms with van der Waals surface area (Å²) >= 11 is 0. The highest BCUT2D eigenvalue weighted by Gasteiger charge is 2.21. The Morgan fingerprint density at radius 2 is 1.46 bits per heavy atom. The van der Waals surface area contributed by atoms with Gasteiger partial charge in [-0.3, -0.25) is 0 Å². The number of hydrogen-bond acceptors (Lipinski definition) is 5. The molecule has 0 unspecified atom stereocenters. The van der Waals surface area contributed by atoms with Crippen molar-refractivity contribution in [1.29, 1.82) is 0 Å². The molecular formula is C21H29N5O2. The van der Waals surface area contributed by atoms with E-state index in [0.717, 1.165) is 58.1 Å². The smallest absolute Gasteiger partial charge is 0.317 e. The quantitative estimate of drug-likeness (QED) is 0.876. The molecule has 2 saturated heterocycles. The lowest BCUT2D eigenvalue weighted by Gasteiger charge is -2.37. The van der Waals surface area contributed by atoms with Crippen LogP contribution in [0.2, 0.25) is 0 Å². The molecule has 28 heavy (non-hydrogen) atoms. The molecule has 0 atom stereocenters. The molecule has 7 heteroatoms. The molecule has 2 amide bonds. The number of piperazine rings is 2. The van der Waals surface area contributed by atoms with E-state index in [1.54, 1.807) is 6.26 Å². The maximum absolute atomic E-state index is 12.3. The van der Waals surface area contributed by atoms with Gasteiger partial charge in [-0.15, -0.1) is 0 Å². The Labute approximate surface area is 166 Å². The van der Waals surface area contributed by atoms with E-state index in [-0.39, 0.29) is 6.03 Å². The number of urea groups is 1. The number of furan rings is 1. The summed E-state index contributed by atoms with van der Waals surface area (Å²) in [5.41, 5.74) is 2.53. The van der Waals surface area contributed by atoms with Crippen molar-refractivity contribution >= 4 is 17.4 Å². The van der Waals surface area contributed by atoms with Crippen LogP contribution in [0.25, 0.3) is 0 Å². The van der Waals surface area contributed by atoms with E-state index in [1.807, 2.05) is 17.0 Å². The standard InChI is InChI=1S/C21H29N5O2/c1-23-8-10-24(11-9-23)18-4-6-19(7-5-18)25-12-14-26(15-13-25)21(27)22-17-20-3-2-16-28-20/h2-7,16H,8-15,17H2,1H3,(H,22,27). The zero-order valence-electron chi connectivity index (χ0n) is 16.5. The predicted molar refractivity (Wildman–Crippen MR) is 111 cm³/mol. The Hall–Kier alpha value is -2.67. The van der Waals surface area contributed by atoms with Crippen molar-refractivity contribution in [2.75, 3.05) is 69.2 Å². The van der Waals surface area contributed by atoms with Crippen molar-refractivity contribution in [3.8, 4) is 0 Å². The molecule has 0 saturated carbocycles. The third-order valence-electron chi connectivity index (χ3n) is 5.64. The van der Waals surface area contributed by atoms with Crippen molar-refractivity contribution in [2.24, 2.45) is 0 Å². The first-order chi connectivity index (χ1) is 13.7. The SMILES string of the molecule is CN1CCN(c2ccc(N3CCN(C(=O)NCc4ccco4)CC3)cc2)CC1. The van der Waals surface area contributed by atoms with Gasteiger partial charge >= 0.3 is 6.03 Å². The number of hydrogen-bond donors (Lipinski definition) is 1. The minimum atomic E-state index is -0.0264. The summed E-state index contributed by atoms with van der Waals surface area (Å²) in [5, 5.41) is 2.92. The fourth-order valence-electron chi connectivity index (χ4n) is 3.79. The molecule has 150 valence electrons. The topological polar surface area (TPSA) is 55.2 Å². The van der Waals surface area contributed by atoms with Crippen molar-refractivity contribution < 1.29 is 9.21 Å². The number of anilines is 2. The molecule has 0 aliphatic carbocycles. The Morgan fingerprint density at radius 3 is 2.00 bits per heavy atom. The third kappa shape index (κ3) is 4.42. The number of carbonyl (C=O) groups is 1. The van der Waals surface area contributed by atoms with E-state index in [0.29, 0.717) is 6.54 Å². The molecule has 2 aliphatic rings. The molecule has 0 spiro atoms. The minimum Gasteiger partial charge on any atom is -0.467 e. The highest BCUT2D eigenvalue weighted by molar-refractivity contribution is 5.74. The average molecular weight is 383 g/mol. The zero-order valence-corrected chi connectivity index (χ0v) is 16.5. The molecule has 1 N–H and O–H groups in total. The highest BCUT2D eigenvalue weighted by Crippen LogP contribution is 2.22. The zero-order chi connectivity index (χ0) is 19.3. The number of nitrogens with one attached hydrogen (secondary N) is 1. The summed E-state index contributed by atoms with van der Waals surface area (Å²) in [5.74, 6) is 0.771. The van der Waals surface area contributed by atoms with Crippen LogP contribution < -0.4 is 15.1 Å². The predicted octanol–water partition coefficient (Wildman–Crippen LogP) is 2.06. The van der Waals surface area contributed by atoms with Crippen molar-refractivity contribution in [3.63, 3.8) is 0 Å². The van der Waals surface area contributed by atoms with Crippen molar-refractivity contribution in [2.45, 2.75) is 6.54 Å². The maximum Gasteiger partial charge on any atom is 0.317 e.